The summed E-state index contributed by atoms with van der Waals surface area (Å²) in [5.74, 6) is -0.930. The van der Waals surface area contributed by atoms with E-state index in [0.29, 0.717) is 5.69 Å². The summed E-state index contributed by atoms with van der Waals surface area (Å²) in [6, 6.07) is -1.57. The van der Waals surface area contributed by atoms with E-state index in [0.717, 1.165) is 6.42 Å². The summed E-state index contributed by atoms with van der Waals surface area (Å²) in [5.41, 5.74) is -1.61. The second kappa shape index (κ2) is 13.7. The lowest BCUT2D eigenvalue weighted by Gasteiger charge is -2.37. The molecule has 1 aromatic rings. The molecule has 2 heterocycles. The average molecular weight is 595 g/mol. The van der Waals surface area contributed by atoms with Crippen molar-refractivity contribution in [3.8, 4) is 0 Å². The third-order valence-corrected chi connectivity index (χ3v) is 6.36. The standard InChI is InChI=1S/C29H50N6O7/c1-12-19(2)23(30-25(38)41-28(6,7)8)20-18-35(32-31-20)21(17-22(36)40-27(3,4)5)24(37)33-13-15-34(16-14-33)26(39)42-29(9,10)11/h18-19,21,23H,12-17H2,1-11H3,(H,30,38)/t19-,21-,23+/m0/s1. The second-order valence-electron chi connectivity index (χ2n) is 13.7. The Morgan fingerprint density at radius 3 is 1.88 bits per heavy atom. The highest BCUT2D eigenvalue weighted by Gasteiger charge is 2.35. The van der Waals surface area contributed by atoms with Gasteiger partial charge in [0.25, 0.3) is 0 Å². The van der Waals surface area contributed by atoms with Crippen molar-refractivity contribution in [1.29, 1.82) is 0 Å². The Balaban J connectivity index is 2.30. The Morgan fingerprint density at radius 1 is 0.857 bits per heavy atom. The van der Waals surface area contributed by atoms with Crippen LogP contribution in [0.1, 0.15) is 107 Å². The number of esters is 1. The van der Waals surface area contributed by atoms with Crippen molar-refractivity contribution in [2.45, 2.75) is 118 Å². The molecule has 13 nitrogen and oxygen atoms in total. The molecule has 0 aliphatic carbocycles. The number of ether oxygens (including phenoxy) is 3. The van der Waals surface area contributed by atoms with Crippen molar-refractivity contribution < 1.29 is 33.4 Å². The molecular formula is C29H50N6O7. The number of hydrogen-bond acceptors (Lipinski definition) is 9. The van der Waals surface area contributed by atoms with E-state index in [2.05, 4.69) is 15.6 Å². The molecule has 3 atom stereocenters. The third kappa shape index (κ3) is 11.1. The van der Waals surface area contributed by atoms with Gasteiger partial charge in [-0.1, -0.05) is 25.5 Å². The fraction of sp³-hybridized carbons (Fsp3) is 0.793. The molecule has 42 heavy (non-hydrogen) atoms. The van der Waals surface area contributed by atoms with Crippen molar-refractivity contribution in [3.63, 3.8) is 0 Å². The Kier molecular flexibility index (Phi) is 11.4. The van der Waals surface area contributed by atoms with Crippen molar-refractivity contribution in [2.75, 3.05) is 26.2 Å². The van der Waals surface area contributed by atoms with Gasteiger partial charge in [-0.15, -0.1) is 5.10 Å². The highest BCUT2D eigenvalue weighted by Crippen LogP contribution is 2.26. The molecule has 1 N–H and O–H groups in total. The minimum absolute atomic E-state index is 0.0244. The average Bonchev–Trinajstić information content (AvgIpc) is 3.31. The predicted octanol–water partition coefficient (Wildman–Crippen LogP) is 4.24. The van der Waals surface area contributed by atoms with Crippen LogP contribution >= 0.6 is 0 Å². The van der Waals surface area contributed by atoms with Gasteiger partial charge in [0.1, 0.15) is 28.5 Å². The number of aromatic nitrogens is 3. The highest BCUT2D eigenvalue weighted by molar-refractivity contribution is 5.85. The van der Waals surface area contributed by atoms with Crippen molar-refractivity contribution >= 4 is 24.1 Å². The molecule has 238 valence electrons. The van der Waals surface area contributed by atoms with Crippen molar-refractivity contribution in [1.82, 2.24) is 30.1 Å². The van der Waals surface area contributed by atoms with E-state index in [1.807, 2.05) is 13.8 Å². The van der Waals surface area contributed by atoms with Gasteiger partial charge in [0.05, 0.1) is 18.7 Å². The zero-order chi connectivity index (χ0) is 32.0. The lowest BCUT2D eigenvalue weighted by atomic mass is 9.97. The Morgan fingerprint density at radius 2 is 1.38 bits per heavy atom. The van der Waals surface area contributed by atoms with Crippen LogP contribution < -0.4 is 5.32 Å². The van der Waals surface area contributed by atoms with E-state index < -0.39 is 47.0 Å². The van der Waals surface area contributed by atoms with Gasteiger partial charge in [0.2, 0.25) is 5.91 Å². The number of carbonyl (C=O) groups excluding carboxylic acids is 4. The summed E-state index contributed by atoms with van der Waals surface area (Å²) >= 11 is 0. The number of carbonyl (C=O) groups is 4. The summed E-state index contributed by atoms with van der Waals surface area (Å²) in [6.45, 7) is 21.1. The van der Waals surface area contributed by atoms with Crippen LogP contribution in [0.2, 0.25) is 0 Å². The summed E-state index contributed by atoms with van der Waals surface area (Å²) in [5, 5.41) is 11.4. The molecule has 0 saturated carbocycles. The molecule has 1 saturated heterocycles. The monoisotopic (exact) mass is 594 g/mol. The van der Waals surface area contributed by atoms with Gasteiger partial charge >= 0.3 is 18.2 Å². The number of piperazine rings is 1. The molecular weight excluding hydrogens is 544 g/mol. The summed E-state index contributed by atoms with van der Waals surface area (Å²) < 4.78 is 17.8. The SMILES string of the molecule is CC[C@H](C)[C@@H](NC(=O)OC(C)(C)C)c1cn([C@@H](CC(=O)OC(C)(C)C)C(=O)N2CCN(C(=O)OC(C)(C)C)CC2)nn1. The zero-order valence-electron chi connectivity index (χ0n) is 27.1. The Bertz CT molecular complexity index is 1090. The number of hydrogen-bond donors (Lipinski definition) is 1. The van der Waals surface area contributed by atoms with E-state index in [1.54, 1.807) is 78.3 Å². The first-order valence-electron chi connectivity index (χ1n) is 14.6. The summed E-state index contributed by atoms with van der Waals surface area (Å²) in [6.07, 6.45) is 1.02. The van der Waals surface area contributed by atoms with Crippen LogP contribution in [-0.4, -0.2) is 91.8 Å². The lowest BCUT2D eigenvalue weighted by Crippen LogP contribution is -2.53. The van der Waals surface area contributed by atoms with Gasteiger partial charge in [-0.25, -0.2) is 14.3 Å². The van der Waals surface area contributed by atoms with E-state index in [4.69, 9.17) is 14.2 Å². The zero-order valence-corrected chi connectivity index (χ0v) is 27.1. The van der Waals surface area contributed by atoms with Gasteiger partial charge < -0.3 is 29.3 Å². The van der Waals surface area contributed by atoms with Gasteiger partial charge in [0, 0.05) is 26.2 Å². The summed E-state index contributed by atoms with van der Waals surface area (Å²) in [4.78, 5) is 55.0. The predicted molar refractivity (Wildman–Crippen MR) is 155 cm³/mol. The molecule has 2 rings (SSSR count). The van der Waals surface area contributed by atoms with E-state index >= 15 is 0 Å². The molecule has 1 aliphatic heterocycles. The smallest absolute Gasteiger partial charge is 0.410 e. The maximum atomic E-state index is 13.8. The number of alkyl carbamates (subject to hydrolysis) is 1. The molecule has 0 radical (unpaired) electrons. The molecule has 0 bridgehead atoms. The first-order valence-corrected chi connectivity index (χ1v) is 14.6. The lowest BCUT2D eigenvalue weighted by molar-refractivity contribution is -0.158. The van der Waals surface area contributed by atoms with Crippen LogP contribution in [0.5, 0.6) is 0 Å². The molecule has 0 spiro atoms. The number of nitrogens with zero attached hydrogens (tertiary/aromatic N) is 5. The van der Waals surface area contributed by atoms with Crippen LogP contribution in [0.4, 0.5) is 9.59 Å². The third-order valence-electron chi connectivity index (χ3n) is 6.36. The Labute approximate surface area is 249 Å². The molecule has 13 heteroatoms. The number of rotatable bonds is 8. The normalized spacial score (nSPS) is 16.7. The fourth-order valence-corrected chi connectivity index (χ4v) is 4.24. The van der Waals surface area contributed by atoms with Crippen LogP contribution in [-0.2, 0) is 23.8 Å². The van der Waals surface area contributed by atoms with E-state index in [1.165, 1.54) is 4.68 Å². The second-order valence-corrected chi connectivity index (χ2v) is 13.7. The Hall–Kier alpha value is -3.38. The molecule has 0 aromatic carbocycles. The minimum atomic E-state index is -1.03. The number of amides is 3. The first kappa shape index (κ1) is 34.8. The quantitative estimate of drug-likeness (QED) is 0.345. The maximum Gasteiger partial charge on any atom is 0.410 e. The highest BCUT2D eigenvalue weighted by atomic mass is 16.6. The molecule has 0 unspecified atom stereocenters. The topological polar surface area (TPSA) is 145 Å². The summed E-state index contributed by atoms with van der Waals surface area (Å²) in [7, 11) is 0. The van der Waals surface area contributed by atoms with Crippen LogP contribution in [0.25, 0.3) is 0 Å². The number of nitrogens with one attached hydrogen (secondary N) is 1. The van der Waals surface area contributed by atoms with Gasteiger partial charge in [0.15, 0.2) is 0 Å². The van der Waals surface area contributed by atoms with Crippen molar-refractivity contribution in [2.24, 2.45) is 5.92 Å². The van der Waals surface area contributed by atoms with Crippen LogP contribution in [0, 0.1) is 5.92 Å². The van der Waals surface area contributed by atoms with Gasteiger partial charge in [-0.2, -0.15) is 0 Å². The van der Waals surface area contributed by atoms with Gasteiger partial charge in [-0.3, -0.25) is 9.59 Å². The molecule has 3 amide bonds. The van der Waals surface area contributed by atoms with Crippen molar-refractivity contribution in [3.05, 3.63) is 11.9 Å². The van der Waals surface area contributed by atoms with Crippen LogP contribution in [0.15, 0.2) is 6.20 Å². The molecule has 1 fully saturated rings. The van der Waals surface area contributed by atoms with E-state index in [-0.39, 0.29) is 44.4 Å². The first-order chi connectivity index (χ1) is 19.2. The molecule has 1 aliphatic rings. The van der Waals surface area contributed by atoms with E-state index in [9.17, 15) is 19.2 Å². The minimum Gasteiger partial charge on any atom is -0.460 e. The van der Waals surface area contributed by atoms with Gasteiger partial charge in [-0.05, 0) is 68.2 Å². The largest absolute Gasteiger partial charge is 0.460 e. The van der Waals surface area contributed by atoms with Crippen LogP contribution in [0.3, 0.4) is 0 Å². The maximum absolute atomic E-state index is 13.8. The fourth-order valence-electron chi connectivity index (χ4n) is 4.24. The molecule has 1 aromatic heterocycles.